The summed E-state index contributed by atoms with van der Waals surface area (Å²) >= 11 is 0. The lowest BCUT2D eigenvalue weighted by Crippen LogP contribution is -2.38. The van der Waals surface area contributed by atoms with Crippen LogP contribution in [-0.2, 0) is 9.53 Å². The van der Waals surface area contributed by atoms with Crippen LogP contribution in [0.1, 0.15) is 69.4 Å². The van der Waals surface area contributed by atoms with Crippen LogP contribution in [0.25, 0.3) is 0 Å². The van der Waals surface area contributed by atoms with E-state index in [9.17, 15) is 4.79 Å². The fourth-order valence-corrected chi connectivity index (χ4v) is 4.29. The van der Waals surface area contributed by atoms with Gasteiger partial charge in [0.05, 0.1) is 12.5 Å². The van der Waals surface area contributed by atoms with E-state index < -0.39 is 0 Å². The van der Waals surface area contributed by atoms with Crippen LogP contribution in [0, 0.1) is 5.92 Å². The lowest BCUT2D eigenvalue weighted by Gasteiger charge is -2.36. The number of anilines is 1. The minimum absolute atomic E-state index is 0.0124. The lowest BCUT2D eigenvalue weighted by molar-refractivity contribution is -0.148. The Balaban J connectivity index is 1.78. The van der Waals surface area contributed by atoms with Gasteiger partial charge in [0.2, 0.25) is 0 Å². The highest BCUT2D eigenvalue weighted by Gasteiger charge is 2.28. The van der Waals surface area contributed by atoms with Crippen LogP contribution in [0.3, 0.4) is 0 Å². The van der Waals surface area contributed by atoms with E-state index in [1.54, 1.807) is 0 Å². The van der Waals surface area contributed by atoms with E-state index in [4.69, 9.17) is 4.74 Å². The normalized spacial score (nSPS) is 19.8. The van der Waals surface area contributed by atoms with Crippen molar-refractivity contribution in [3.63, 3.8) is 0 Å². The van der Waals surface area contributed by atoms with Gasteiger partial charge in [0.15, 0.2) is 0 Å². The first-order chi connectivity index (χ1) is 12.6. The Hall–Kier alpha value is -1.55. The van der Waals surface area contributed by atoms with Gasteiger partial charge in [0.1, 0.15) is 0 Å². The smallest absolute Gasteiger partial charge is 0.309 e. The van der Waals surface area contributed by atoms with Crippen molar-refractivity contribution < 1.29 is 9.53 Å². The quantitative estimate of drug-likeness (QED) is 0.806. The van der Waals surface area contributed by atoms with Crippen molar-refractivity contribution in [1.29, 1.82) is 0 Å². The van der Waals surface area contributed by atoms with E-state index in [0.717, 1.165) is 39.0 Å². The van der Waals surface area contributed by atoms with E-state index >= 15 is 0 Å². The summed E-state index contributed by atoms with van der Waals surface area (Å²) in [6, 6.07) is 7.10. The van der Waals surface area contributed by atoms with Crippen molar-refractivity contribution in [2.75, 3.05) is 37.7 Å². The van der Waals surface area contributed by atoms with Crippen molar-refractivity contribution in [2.24, 2.45) is 5.92 Å². The molecule has 26 heavy (non-hydrogen) atoms. The predicted molar refractivity (Wildman–Crippen MR) is 107 cm³/mol. The third-order valence-electron chi connectivity index (χ3n) is 5.96. The number of hydrogen-bond acceptors (Lipinski definition) is 4. The van der Waals surface area contributed by atoms with Crippen molar-refractivity contribution in [3.05, 3.63) is 29.3 Å². The molecule has 0 saturated carbocycles. The fraction of sp³-hybridized carbons (Fsp3) is 0.682. The molecule has 0 bridgehead atoms. The molecule has 4 heteroatoms. The predicted octanol–water partition coefficient (Wildman–Crippen LogP) is 4.06. The summed E-state index contributed by atoms with van der Waals surface area (Å²) in [5.74, 6) is 1.24. The number of esters is 1. The second-order valence-electron chi connectivity index (χ2n) is 8.01. The highest BCUT2D eigenvalue weighted by molar-refractivity contribution is 5.73. The summed E-state index contributed by atoms with van der Waals surface area (Å²) in [4.78, 5) is 14.6. The van der Waals surface area contributed by atoms with E-state index in [2.05, 4.69) is 42.3 Å². The van der Waals surface area contributed by atoms with Crippen LogP contribution < -0.4 is 10.2 Å². The minimum atomic E-state index is -0.0124. The van der Waals surface area contributed by atoms with Crippen LogP contribution in [0.15, 0.2) is 18.2 Å². The first-order valence-corrected chi connectivity index (χ1v) is 10.4. The molecule has 0 unspecified atom stereocenters. The second kappa shape index (κ2) is 8.90. The Morgan fingerprint density at radius 2 is 1.88 bits per heavy atom. The standard InChI is InChI=1S/C22H34N2O2/c1-4-26-22(25)18-9-13-24(14-10-18)21-15-19(16(2)3)5-6-20(21)17-7-11-23-12-8-17/h5-6,15-18,23H,4,7-14H2,1-3H3. The fourth-order valence-electron chi connectivity index (χ4n) is 4.29. The third-order valence-corrected chi connectivity index (χ3v) is 5.96. The largest absolute Gasteiger partial charge is 0.466 e. The zero-order valence-electron chi connectivity index (χ0n) is 16.6. The maximum atomic E-state index is 12.1. The maximum Gasteiger partial charge on any atom is 0.309 e. The monoisotopic (exact) mass is 358 g/mol. The van der Waals surface area contributed by atoms with Gasteiger partial charge < -0.3 is 15.0 Å². The number of carbonyl (C=O) groups is 1. The zero-order valence-corrected chi connectivity index (χ0v) is 16.6. The topological polar surface area (TPSA) is 41.6 Å². The molecule has 3 rings (SSSR count). The highest BCUT2D eigenvalue weighted by Crippen LogP contribution is 2.37. The molecule has 2 heterocycles. The molecule has 1 aromatic carbocycles. The minimum Gasteiger partial charge on any atom is -0.466 e. The van der Waals surface area contributed by atoms with Gasteiger partial charge in [0.25, 0.3) is 0 Å². The van der Waals surface area contributed by atoms with Crippen LogP contribution in [0.2, 0.25) is 0 Å². The van der Waals surface area contributed by atoms with Crippen molar-refractivity contribution in [3.8, 4) is 0 Å². The van der Waals surface area contributed by atoms with Crippen LogP contribution >= 0.6 is 0 Å². The first-order valence-electron chi connectivity index (χ1n) is 10.4. The molecule has 1 aromatic rings. The van der Waals surface area contributed by atoms with Gasteiger partial charge in [-0.15, -0.1) is 0 Å². The van der Waals surface area contributed by atoms with Crippen molar-refractivity contribution in [1.82, 2.24) is 5.32 Å². The van der Waals surface area contributed by atoms with Crippen molar-refractivity contribution >= 4 is 11.7 Å². The van der Waals surface area contributed by atoms with Crippen LogP contribution in [-0.4, -0.2) is 38.8 Å². The number of rotatable bonds is 5. The molecule has 0 spiro atoms. The summed E-state index contributed by atoms with van der Waals surface area (Å²) in [6.07, 6.45) is 4.23. The molecular formula is C22H34N2O2. The van der Waals surface area contributed by atoms with Gasteiger partial charge in [-0.2, -0.15) is 0 Å². The molecule has 0 amide bonds. The lowest BCUT2D eigenvalue weighted by atomic mass is 9.86. The Morgan fingerprint density at radius 1 is 1.19 bits per heavy atom. The van der Waals surface area contributed by atoms with E-state index in [1.807, 2.05) is 6.92 Å². The van der Waals surface area contributed by atoms with Gasteiger partial charge in [0, 0.05) is 18.8 Å². The zero-order chi connectivity index (χ0) is 18.5. The maximum absolute atomic E-state index is 12.1. The van der Waals surface area contributed by atoms with Gasteiger partial charge in [-0.05, 0) is 74.7 Å². The number of nitrogens with zero attached hydrogens (tertiary/aromatic N) is 1. The molecule has 0 aliphatic carbocycles. The van der Waals surface area contributed by atoms with Crippen LogP contribution in [0.4, 0.5) is 5.69 Å². The number of carbonyl (C=O) groups excluding carboxylic acids is 1. The summed E-state index contributed by atoms with van der Waals surface area (Å²) in [5, 5.41) is 3.48. The number of ether oxygens (including phenoxy) is 1. The summed E-state index contributed by atoms with van der Waals surface area (Å²) in [6.45, 7) is 11.0. The molecule has 0 aromatic heterocycles. The Bertz CT molecular complexity index is 600. The SMILES string of the molecule is CCOC(=O)C1CCN(c2cc(C(C)C)ccc2C2CCNCC2)CC1. The van der Waals surface area contributed by atoms with E-state index in [0.29, 0.717) is 18.4 Å². The number of benzene rings is 1. The average molecular weight is 359 g/mol. The second-order valence-corrected chi connectivity index (χ2v) is 8.01. The molecule has 2 aliphatic rings. The molecule has 0 atom stereocenters. The Labute approximate surface area is 158 Å². The van der Waals surface area contributed by atoms with Gasteiger partial charge in [-0.1, -0.05) is 26.0 Å². The molecule has 144 valence electrons. The summed E-state index contributed by atoms with van der Waals surface area (Å²) in [7, 11) is 0. The van der Waals surface area contributed by atoms with Crippen molar-refractivity contribution in [2.45, 2.75) is 58.3 Å². The average Bonchev–Trinajstić information content (AvgIpc) is 2.68. The molecular weight excluding hydrogens is 324 g/mol. The van der Waals surface area contributed by atoms with Crippen LogP contribution in [0.5, 0.6) is 0 Å². The number of hydrogen-bond donors (Lipinski definition) is 1. The highest BCUT2D eigenvalue weighted by atomic mass is 16.5. The van der Waals surface area contributed by atoms with E-state index in [1.165, 1.54) is 29.7 Å². The Morgan fingerprint density at radius 3 is 2.50 bits per heavy atom. The Kier molecular flexibility index (Phi) is 6.58. The van der Waals surface area contributed by atoms with Gasteiger partial charge in [-0.25, -0.2) is 0 Å². The number of nitrogens with one attached hydrogen (secondary N) is 1. The van der Waals surface area contributed by atoms with E-state index in [-0.39, 0.29) is 11.9 Å². The molecule has 1 N–H and O–H groups in total. The van der Waals surface area contributed by atoms with Gasteiger partial charge >= 0.3 is 5.97 Å². The molecule has 2 aliphatic heterocycles. The first kappa shape index (κ1) is 19.2. The summed E-state index contributed by atoms with van der Waals surface area (Å²) < 4.78 is 5.23. The summed E-state index contributed by atoms with van der Waals surface area (Å²) in [5.41, 5.74) is 4.32. The molecule has 2 fully saturated rings. The third kappa shape index (κ3) is 4.40. The molecule has 2 saturated heterocycles. The molecule has 0 radical (unpaired) electrons. The molecule has 4 nitrogen and oxygen atoms in total. The number of piperidine rings is 2. The van der Waals surface area contributed by atoms with Gasteiger partial charge in [-0.3, -0.25) is 4.79 Å².